The Labute approximate surface area is 151 Å². The molecular formula is C19H20N4OS. The highest BCUT2D eigenvalue weighted by Gasteiger charge is 2.03. The van der Waals surface area contributed by atoms with Crippen molar-refractivity contribution in [3.8, 4) is 0 Å². The fraction of sp³-hybridized carbons (Fsp3) is 0.211. The minimum Gasteiger partial charge on any atom is -0.352 e. The lowest BCUT2D eigenvalue weighted by Gasteiger charge is -2.07. The van der Waals surface area contributed by atoms with Gasteiger partial charge in [-0.25, -0.2) is 9.67 Å². The first kappa shape index (κ1) is 17.2. The van der Waals surface area contributed by atoms with Gasteiger partial charge in [0.1, 0.15) is 12.7 Å². The van der Waals surface area contributed by atoms with Crippen molar-refractivity contribution in [1.29, 1.82) is 0 Å². The molecule has 2 aromatic carbocycles. The number of aromatic nitrogens is 3. The molecule has 6 heteroatoms. The van der Waals surface area contributed by atoms with Crippen LogP contribution in [0.4, 0.5) is 0 Å². The van der Waals surface area contributed by atoms with Gasteiger partial charge in [0.25, 0.3) is 0 Å². The molecule has 0 aliphatic heterocycles. The van der Waals surface area contributed by atoms with Gasteiger partial charge in [0, 0.05) is 23.6 Å². The van der Waals surface area contributed by atoms with Crippen LogP contribution in [0.2, 0.25) is 0 Å². The topological polar surface area (TPSA) is 59.8 Å². The summed E-state index contributed by atoms with van der Waals surface area (Å²) in [6, 6.07) is 18.3. The van der Waals surface area contributed by atoms with Crippen molar-refractivity contribution in [2.45, 2.75) is 24.4 Å². The normalized spacial score (nSPS) is 10.6. The van der Waals surface area contributed by atoms with Gasteiger partial charge in [0.05, 0.1) is 6.54 Å². The zero-order valence-corrected chi connectivity index (χ0v) is 14.7. The summed E-state index contributed by atoms with van der Waals surface area (Å²) in [4.78, 5) is 17.1. The van der Waals surface area contributed by atoms with Gasteiger partial charge in [-0.15, -0.1) is 11.8 Å². The first-order valence-electron chi connectivity index (χ1n) is 8.14. The summed E-state index contributed by atoms with van der Waals surface area (Å²) < 4.78 is 1.78. The second kappa shape index (κ2) is 9.03. The van der Waals surface area contributed by atoms with E-state index in [0.29, 0.717) is 19.5 Å². The maximum atomic E-state index is 11.9. The Kier molecular flexibility index (Phi) is 6.23. The highest BCUT2D eigenvalue weighted by atomic mass is 32.2. The fourth-order valence-corrected chi connectivity index (χ4v) is 3.20. The van der Waals surface area contributed by atoms with Gasteiger partial charge in [-0.1, -0.05) is 42.5 Å². The molecule has 0 atom stereocenters. The van der Waals surface area contributed by atoms with E-state index in [1.807, 2.05) is 30.3 Å². The SMILES string of the molecule is O=C(CCSc1ccccc1)NCc1ccc(Cn2cncn2)cc1. The fourth-order valence-electron chi connectivity index (χ4n) is 2.33. The molecule has 1 N–H and O–H groups in total. The summed E-state index contributed by atoms with van der Waals surface area (Å²) >= 11 is 1.70. The van der Waals surface area contributed by atoms with Gasteiger partial charge in [0.15, 0.2) is 0 Å². The average molecular weight is 352 g/mol. The molecule has 128 valence electrons. The monoisotopic (exact) mass is 352 g/mol. The highest BCUT2D eigenvalue weighted by molar-refractivity contribution is 7.99. The summed E-state index contributed by atoms with van der Waals surface area (Å²) in [6.45, 7) is 1.25. The number of hydrogen-bond acceptors (Lipinski definition) is 4. The predicted molar refractivity (Wildman–Crippen MR) is 99.2 cm³/mol. The highest BCUT2D eigenvalue weighted by Crippen LogP contribution is 2.17. The summed E-state index contributed by atoms with van der Waals surface area (Å²) in [7, 11) is 0. The second-order valence-electron chi connectivity index (χ2n) is 5.60. The van der Waals surface area contributed by atoms with Gasteiger partial charge in [-0.05, 0) is 23.3 Å². The van der Waals surface area contributed by atoms with Crippen molar-refractivity contribution < 1.29 is 4.79 Å². The van der Waals surface area contributed by atoms with E-state index in [-0.39, 0.29) is 5.91 Å². The number of thioether (sulfide) groups is 1. The van der Waals surface area contributed by atoms with Crippen LogP contribution in [0.25, 0.3) is 0 Å². The number of rotatable bonds is 8. The maximum Gasteiger partial charge on any atom is 0.221 e. The van der Waals surface area contributed by atoms with Crippen molar-refractivity contribution in [3.05, 3.63) is 78.4 Å². The van der Waals surface area contributed by atoms with E-state index in [2.05, 4.69) is 39.7 Å². The Bertz CT molecular complexity index is 773. The van der Waals surface area contributed by atoms with Crippen molar-refractivity contribution >= 4 is 17.7 Å². The third kappa shape index (κ3) is 5.76. The van der Waals surface area contributed by atoms with Crippen LogP contribution in [0, 0.1) is 0 Å². The van der Waals surface area contributed by atoms with Crippen LogP contribution in [0.1, 0.15) is 17.5 Å². The molecule has 1 heterocycles. The van der Waals surface area contributed by atoms with Crippen LogP contribution < -0.4 is 5.32 Å². The standard InChI is InChI=1S/C19H20N4OS/c24-19(10-11-25-18-4-2-1-3-5-18)21-12-16-6-8-17(9-7-16)13-23-15-20-14-22-23/h1-9,14-15H,10-13H2,(H,21,24). The largest absolute Gasteiger partial charge is 0.352 e. The molecule has 3 aromatic rings. The number of nitrogens with zero attached hydrogens (tertiary/aromatic N) is 3. The smallest absolute Gasteiger partial charge is 0.221 e. The Morgan fingerprint density at radius 1 is 1.04 bits per heavy atom. The van der Waals surface area contributed by atoms with Gasteiger partial charge in [0.2, 0.25) is 5.91 Å². The van der Waals surface area contributed by atoms with E-state index in [4.69, 9.17) is 0 Å². The molecule has 0 fully saturated rings. The number of nitrogens with one attached hydrogen (secondary N) is 1. The molecule has 0 radical (unpaired) electrons. The van der Waals surface area contributed by atoms with Crippen molar-refractivity contribution in [2.24, 2.45) is 0 Å². The van der Waals surface area contributed by atoms with Crippen LogP contribution in [0.5, 0.6) is 0 Å². The third-order valence-corrected chi connectivity index (χ3v) is 4.68. The van der Waals surface area contributed by atoms with Crippen molar-refractivity contribution in [2.75, 3.05) is 5.75 Å². The average Bonchev–Trinajstić information content (AvgIpc) is 3.15. The van der Waals surface area contributed by atoms with Crippen LogP contribution in [-0.2, 0) is 17.9 Å². The molecule has 0 aliphatic rings. The van der Waals surface area contributed by atoms with Crippen LogP contribution in [0.3, 0.4) is 0 Å². The third-order valence-electron chi connectivity index (χ3n) is 3.66. The lowest BCUT2D eigenvalue weighted by molar-refractivity contribution is -0.120. The van der Waals surface area contributed by atoms with Crippen molar-refractivity contribution in [1.82, 2.24) is 20.1 Å². The van der Waals surface area contributed by atoms with Gasteiger partial charge in [-0.2, -0.15) is 5.10 Å². The minimum atomic E-state index is 0.0788. The number of carbonyl (C=O) groups excluding carboxylic acids is 1. The molecule has 0 unspecified atom stereocenters. The summed E-state index contributed by atoms with van der Waals surface area (Å²) in [5.74, 6) is 0.863. The van der Waals surface area contributed by atoms with Gasteiger partial charge in [-0.3, -0.25) is 4.79 Å². The zero-order valence-electron chi connectivity index (χ0n) is 13.8. The Balaban J connectivity index is 1.38. The molecule has 0 aliphatic carbocycles. The molecule has 3 rings (SSSR count). The van der Waals surface area contributed by atoms with Crippen LogP contribution in [-0.4, -0.2) is 26.4 Å². The Hall–Kier alpha value is -2.60. The van der Waals surface area contributed by atoms with E-state index < -0.39 is 0 Å². The minimum absolute atomic E-state index is 0.0788. The number of amides is 1. The number of hydrogen-bond donors (Lipinski definition) is 1. The van der Waals surface area contributed by atoms with Gasteiger partial charge >= 0.3 is 0 Å². The van der Waals surface area contributed by atoms with Crippen molar-refractivity contribution in [3.63, 3.8) is 0 Å². The van der Waals surface area contributed by atoms with E-state index >= 15 is 0 Å². The Morgan fingerprint density at radius 2 is 1.80 bits per heavy atom. The summed E-state index contributed by atoms with van der Waals surface area (Å²) in [5, 5.41) is 7.06. The maximum absolute atomic E-state index is 11.9. The first-order chi connectivity index (χ1) is 12.3. The summed E-state index contributed by atoms with van der Waals surface area (Å²) in [5.41, 5.74) is 2.24. The first-order valence-corrected chi connectivity index (χ1v) is 9.13. The van der Waals surface area contributed by atoms with E-state index in [1.165, 1.54) is 11.2 Å². The predicted octanol–water partition coefficient (Wildman–Crippen LogP) is 3.13. The molecule has 5 nitrogen and oxygen atoms in total. The Morgan fingerprint density at radius 3 is 2.52 bits per heavy atom. The molecule has 0 saturated heterocycles. The van der Waals surface area contributed by atoms with Crippen LogP contribution >= 0.6 is 11.8 Å². The molecule has 0 saturated carbocycles. The molecule has 1 amide bonds. The molecule has 1 aromatic heterocycles. The lowest BCUT2D eigenvalue weighted by Crippen LogP contribution is -2.23. The van der Waals surface area contributed by atoms with E-state index in [0.717, 1.165) is 16.9 Å². The van der Waals surface area contributed by atoms with Gasteiger partial charge < -0.3 is 5.32 Å². The lowest BCUT2D eigenvalue weighted by atomic mass is 10.1. The van der Waals surface area contributed by atoms with Crippen LogP contribution in [0.15, 0.2) is 72.1 Å². The quantitative estimate of drug-likeness (QED) is 0.633. The van der Waals surface area contributed by atoms with E-state index in [9.17, 15) is 4.79 Å². The molecule has 25 heavy (non-hydrogen) atoms. The number of carbonyl (C=O) groups is 1. The zero-order chi connectivity index (χ0) is 17.3. The second-order valence-corrected chi connectivity index (χ2v) is 6.77. The summed E-state index contributed by atoms with van der Waals surface area (Å²) in [6.07, 6.45) is 3.74. The van der Waals surface area contributed by atoms with E-state index in [1.54, 1.807) is 22.8 Å². The number of benzene rings is 2. The molecular weight excluding hydrogens is 332 g/mol. The molecule has 0 bridgehead atoms. The molecule has 0 spiro atoms.